The van der Waals surface area contributed by atoms with E-state index in [9.17, 15) is 0 Å². The second kappa shape index (κ2) is 7.72. The molecular weight excluding hydrogens is 461 g/mol. The highest BCUT2D eigenvalue weighted by atomic mass is 127. The monoisotopic (exact) mass is 481 g/mol. The number of nitrogens with zero attached hydrogens (tertiary/aromatic N) is 1. The molecule has 5 nitrogen and oxygen atoms in total. The number of guanidine groups is 1. The van der Waals surface area contributed by atoms with E-state index < -0.39 is 0 Å². The highest BCUT2D eigenvalue weighted by molar-refractivity contribution is 14.0. The molecule has 0 radical (unpaired) electrons. The molecule has 0 saturated heterocycles. The van der Waals surface area contributed by atoms with Gasteiger partial charge in [-0.25, -0.2) is 4.99 Å². The quantitative estimate of drug-likeness (QED) is 0.393. The molecule has 2 atom stereocenters. The van der Waals surface area contributed by atoms with E-state index in [4.69, 9.17) is 9.47 Å². The van der Waals surface area contributed by atoms with Crippen LogP contribution in [0.2, 0.25) is 0 Å². The van der Waals surface area contributed by atoms with Crippen LogP contribution < -0.4 is 20.1 Å². The first-order valence-electron chi connectivity index (χ1n) is 7.30. The summed E-state index contributed by atoms with van der Waals surface area (Å²) in [5.41, 5.74) is 1.09. The van der Waals surface area contributed by atoms with Crippen LogP contribution in [0, 0.1) is 5.92 Å². The molecular formula is C15H21BrIN3O2. The molecule has 1 saturated carbocycles. The third-order valence-electron chi connectivity index (χ3n) is 3.68. The topological polar surface area (TPSA) is 54.9 Å². The van der Waals surface area contributed by atoms with E-state index in [-0.39, 0.29) is 30.8 Å². The minimum atomic E-state index is 0. The molecule has 3 rings (SSSR count). The van der Waals surface area contributed by atoms with Gasteiger partial charge in [0.25, 0.3) is 0 Å². The molecule has 7 heteroatoms. The predicted octanol–water partition coefficient (Wildman–Crippen LogP) is 3.26. The van der Waals surface area contributed by atoms with Crippen molar-refractivity contribution in [3.05, 3.63) is 22.2 Å². The third-order valence-corrected chi connectivity index (χ3v) is 4.27. The number of fused-ring (bicyclic) bond motifs is 1. The van der Waals surface area contributed by atoms with E-state index >= 15 is 0 Å². The second-order valence-corrected chi connectivity index (χ2v) is 6.32. The second-order valence-electron chi connectivity index (χ2n) is 5.47. The summed E-state index contributed by atoms with van der Waals surface area (Å²) in [6, 6.07) is 4.58. The average molecular weight is 482 g/mol. The van der Waals surface area contributed by atoms with Crippen LogP contribution in [0.25, 0.3) is 0 Å². The van der Waals surface area contributed by atoms with Crippen molar-refractivity contribution in [3.63, 3.8) is 0 Å². The minimum absolute atomic E-state index is 0. The Morgan fingerprint density at radius 1 is 1.41 bits per heavy atom. The lowest BCUT2D eigenvalue weighted by Crippen LogP contribution is -2.39. The molecule has 0 bridgehead atoms. The molecule has 1 aromatic carbocycles. The summed E-state index contributed by atoms with van der Waals surface area (Å²) < 4.78 is 11.7. The van der Waals surface area contributed by atoms with Gasteiger partial charge in [0.15, 0.2) is 17.5 Å². The Kier molecular flexibility index (Phi) is 6.19. The molecule has 1 aliphatic carbocycles. The van der Waals surface area contributed by atoms with Gasteiger partial charge in [-0.3, -0.25) is 0 Å². The Morgan fingerprint density at radius 3 is 2.86 bits per heavy atom. The van der Waals surface area contributed by atoms with Gasteiger partial charge in [0, 0.05) is 12.6 Å². The van der Waals surface area contributed by atoms with Crippen molar-refractivity contribution in [2.45, 2.75) is 32.9 Å². The fourth-order valence-electron chi connectivity index (χ4n) is 2.30. The van der Waals surface area contributed by atoms with Gasteiger partial charge in [-0.1, -0.05) is 6.92 Å². The summed E-state index contributed by atoms with van der Waals surface area (Å²) in [7, 11) is 0. The van der Waals surface area contributed by atoms with Crippen LogP contribution in [0.3, 0.4) is 0 Å². The molecule has 2 N–H and O–H groups in total. The third kappa shape index (κ3) is 4.18. The zero-order valence-electron chi connectivity index (χ0n) is 12.7. The Hall–Kier alpha value is -0.700. The molecule has 0 aromatic heterocycles. The zero-order valence-corrected chi connectivity index (χ0v) is 16.6. The lowest BCUT2D eigenvalue weighted by molar-refractivity contribution is 0.173. The zero-order chi connectivity index (χ0) is 14.8. The number of aliphatic imine (C=N–C) groups is 1. The van der Waals surface area contributed by atoms with Crippen molar-refractivity contribution in [3.8, 4) is 11.5 Å². The lowest BCUT2D eigenvalue weighted by Gasteiger charge is -2.11. The highest BCUT2D eigenvalue weighted by Crippen LogP contribution is 2.40. The number of hydrogen-bond acceptors (Lipinski definition) is 3. The summed E-state index contributed by atoms with van der Waals surface area (Å²) in [6.07, 6.45) is 1.22. The van der Waals surface area contributed by atoms with E-state index in [2.05, 4.69) is 45.4 Å². The summed E-state index contributed by atoms with van der Waals surface area (Å²) in [6.45, 7) is 6.06. The van der Waals surface area contributed by atoms with Crippen LogP contribution in [0.5, 0.6) is 11.5 Å². The summed E-state index contributed by atoms with van der Waals surface area (Å²) in [5, 5.41) is 6.73. The lowest BCUT2D eigenvalue weighted by atomic mass is 10.2. The van der Waals surface area contributed by atoms with E-state index in [1.54, 1.807) is 0 Å². The van der Waals surface area contributed by atoms with Crippen molar-refractivity contribution >= 4 is 45.9 Å². The summed E-state index contributed by atoms with van der Waals surface area (Å²) >= 11 is 3.51. The number of hydrogen-bond donors (Lipinski definition) is 2. The van der Waals surface area contributed by atoms with Gasteiger partial charge in [0.2, 0.25) is 6.79 Å². The van der Waals surface area contributed by atoms with E-state index in [0.717, 1.165) is 40.0 Å². The maximum absolute atomic E-state index is 5.43. The fourth-order valence-corrected chi connectivity index (χ4v) is 2.91. The molecule has 1 heterocycles. The molecule has 1 fully saturated rings. The minimum Gasteiger partial charge on any atom is -0.454 e. The van der Waals surface area contributed by atoms with Crippen molar-refractivity contribution in [2.75, 3.05) is 13.3 Å². The molecule has 0 amide bonds. The molecule has 1 aliphatic heterocycles. The highest BCUT2D eigenvalue weighted by Gasteiger charge is 2.33. The summed E-state index contributed by atoms with van der Waals surface area (Å²) in [5.74, 6) is 3.18. The van der Waals surface area contributed by atoms with Gasteiger partial charge < -0.3 is 20.1 Å². The maximum Gasteiger partial charge on any atom is 0.231 e. The molecule has 2 aliphatic rings. The first-order chi connectivity index (χ1) is 10.2. The molecule has 0 spiro atoms. The average Bonchev–Trinajstić information content (AvgIpc) is 2.95. The number of ether oxygens (including phenoxy) is 2. The number of halogens is 2. The van der Waals surface area contributed by atoms with E-state index in [1.165, 1.54) is 6.42 Å². The molecule has 2 unspecified atom stereocenters. The molecule has 22 heavy (non-hydrogen) atoms. The van der Waals surface area contributed by atoms with Crippen LogP contribution in [-0.4, -0.2) is 25.3 Å². The van der Waals surface area contributed by atoms with E-state index in [1.807, 2.05) is 12.1 Å². The fraction of sp³-hybridized carbons (Fsp3) is 0.533. The Morgan fingerprint density at radius 2 is 2.18 bits per heavy atom. The maximum atomic E-state index is 5.43. The van der Waals surface area contributed by atoms with Crippen LogP contribution in [0.1, 0.15) is 25.8 Å². The first kappa shape index (κ1) is 17.7. The normalized spacial score (nSPS) is 22.0. The van der Waals surface area contributed by atoms with Crippen LogP contribution >= 0.6 is 39.9 Å². The Labute approximate surface area is 156 Å². The van der Waals surface area contributed by atoms with E-state index in [0.29, 0.717) is 12.6 Å². The van der Waals surface area contributed by atoms with Gasteiger partial charge in [-0.15, -0.1) is 24.0 Å². The van der Waals surface area contributed by atoms with Crippen molar-refractivity contribution in [1.29, 1.82) is 0 Å². The van der Waals surface area contributed by atoms with Crippen molar-refractivity contribution < 1.29 is 9.47 Å². The van der Waals surface area contributed by atoms with Crippen LogP contribution in [-0.2, 0) is 6.54 Å². The van der Waals surface area contributed by atoms with Gasteiger partial charge >= 0.3 is 0 Å². The van der Waals surface area contributed by atoms with Gasteiger partial charge in [0.05, 0.1) is 11.0 Å². The number of rotatable bonds is 4. The molecule has 122 valence electrons. The first-order valence-corrected chi connectivity index (χ1v) is 8.09. The Bertz CT molecular complexity index is 568. The van der Waals surface area contributed by atoms with Gasteiger partial charge in [-0.2, -0.15) is 0 Å². The smallest absolute Gasteiger partial charge is 0.231 e. The SMILES string of the molecule is CCNC(=NCc1cc(Br)c2c(c1)OCO2)NC1CC1C.I. The van der Waals surface area contributed by atoms with Gasteiger partial charge in [-0.05, 0) is 52.9 Å². The predicted molar refractivity (Wildman–Crippen MR) is 101 cm³/mol. The molecule has 1 aromatic rings. The largest absolute Gasteiger partial charge is 0.454 e. The van der Waals surface area contributed by atoms with Gasteiger partial charge in [0.1, 0.15) is 0 Å². The number of benzene rings is 1. The summed E-state index contributed by atoms with van der Waals surface area (Å²) in [4.78, 5) is 4.64. The van der Waals surface area contributed by atoms with Crippen molar-refractivity contribution in [2.24, 2.45) is 10.9 Å². The number of nitrogens with one attached hydrogen (secondary N) is 2. The Balaban J connectivity index is 0.00000176. The van der Waals surface area contributed by atoms with Crippen LogP contribution in [0.15, 0.2) is 21.6 Å². The van der Waals surface area contributed by atoms with Crippen molar-refractivity contribution in [1.82, 2.24) is 10.6 Å². The van der Waals surface area contributed by atoms with Crippen LogP contribution in [0.4, 0.5) is 0 Å². The standard InChI is InChI=1S/C15H20BrN3O2.HI/c1-3-17-15(19-12-4-9(12)2)18-7-10-5-11(16)14-13(6-10)20-8-21-14;/h5-6,9,12H,3-4,7-8H2,1-2H3,(H2,17,18,19);1H.